The Morgan fingerprint density at radius 1 is 1.50 bits per heavy atom. The zero-order chi connectivity index (χ0) is 12.3. The third-order valence-electron chi connectivity index (χ3n) is 1.68. The highest BCUT2D eigenvalue weighted by atomic mass is 16.4. The van der Waals surface area contributed by atoms with Gasteiger partial charge < -0.3 is 10.4 Å². The monoisotopic (exact) mass is 225 g/mol. The van der Waals surface area contributed by atoms with E-state index >= 15 is 0 Å². The number of carboxylic acid groups (broad SMARTS) is 1. The van der Waals surface area contributed by atoms with Gasteiger partial charge in [0.25, 0.3) is 0 Å². The van der Waals surface area contributed by atoms with Crippen molar-refractivity contribution in [1.29, 1.82) is 0 Å². The van der Waals surface area contributed by atoms with Crippen LogP contribution < -0.4 is 5.32 Å². The average molecular weight is 225 g/mol. The van der Waals surface area contributed by atoms with Crippen molar-refractivity contribution in [2.75, 3.05) is 0 Å². The molecule has 0 spiro atoms. The lowest BCUT2D eigenvalue weighted by Crippen LogP contribution is -2.42. The Bertz CT molecular complexity index is 404. The van der Waals surface area contributed by atoms with E-state index in [0.717, 1.165) is 0 Å². The highest BCUT2D eigenvalue weighted by molar-refractivity contribution is 5.85. The summed E-state index contributed by atoms with van der Waals surface area (Å²) in [5, 5.41) is 15.1. The van der Waals surface area contributed by atoms with Crippen molar-refractivity contribution in [2.24, 2.45) is 0 Å². The van der Waals surface area contributed by atoms with Crippen LogP contribution in [0.2, 0.25) is 0 Å². The van der Waals surface area contributed by atoms with E-state index in [1.54, 1.807) is 0 Å². The number of rotatable bonds is 3. The molecule has 1 aromatic heterocycles. The van der Waals surface area contributed by atoms with Crippen LogP contribution in [0.3, 0.4) is 0 Å². The van der Waals surface area contributed by atoms with E-state index in [4.69, 9.17) is 5.11 Å². The van der Waals surface area contributed by atoms with Crippen LogP contribution in [0.25, 0.3) is 0 Å². The van der Waals surface area contributed by atoms with E-state index in [0.29, 0.717) is 0 Å². The third-order valence-corrected chi connectivity index (χ3v) is 1.68. The zero-order valence-corrected chi connectivity index (χ0v) is 9.52. The van der Waals surface area contributed by atoms with Crippen LogP contribution in [0, 0.1) is 0 Å². The van der Waals surface area contributed by atoms with Gasteiger partial charge in [-0.15, -0.1) is 0 Å². The van der Waals surface area contributed by atoms with Gasteiger partial charge in [0.15, 0.2) is 5.69 Å². The number of hydrogen-bond acceptors (Lipinski definition) is 3. The predicted octanol–water partition coefficient (Wildman–Crippen LogP) is 0.496. The molecular weight excluding hydrogens is 210 g/mol. The minimum atomic E-state index is -1.10. The highest BCUT2D eigenvalue weighted by Crippen LogP contribution is 2.00. The lowest BCUT2D eigenvalue weighted by atomic mass is 10.1. The summed E-state index contributed by atoms with van der Waals surface area (Å²) in [5.41, 5.74) is -0.372. The maximum Gasteiger partial charge on any atom is 0.356 e. The molecule has 0 saturated carbocycles. The van der Waals surface area contributed by atoms with Gasteiger partial charge >= 0.3 is 5.97 Å². The summed E-state index contributed by atoms with van der Waals surface area (Å²) in [6, 6.07) is 1.35. The molecule has 0 radical (unpaired) electrons. The summed E-state index contributed by atoms with van der Waals surface area (Å²) < 4.78 is 1.30. The fraction of sp³-hybridized carbons (Fsp3) is 0.500. The van der Waals surface area contributed by atoms with Gasteiger partial charge in [0.2, 0.25) is 5.91 Å². The summed E-state index contributed by atoms with van der Waals surface area (Å²) in [5.74, 6) is -1.30. The van der Waals surface area contributed by atoms with Crippen molar-refractivity contribution in [1.82, 2.24) is 15.1 Å². The number of aromatic nitrogens is 2. The van der Waals surface area contributed by atoms with Crippen molar-refractivity contribution < 1.29 is 14.7 Å². The molecule has 1 heterocycles. The molecule has 6 nitrogen and oxygen atoms in total. The number of carbonyl (C=O) groups excluding carboxylic acids is 1. The Labute approximate surface area is 93.3 Å². The Morgan fingerprint density at radius 2 is 2.12 bits per heavy atom. The van der Waals surface area contributed by atoms with Crippen molar-refractivity contribution in [3.05, 3.63) is 18.0 Å². The molecule has 2 N–H and O–H groups in total. The van der Waals surface area contributed by atoms with E-state index in [2.05, 4.69) is 10.4 Å². The maximum atomic E-state index is 11.5. The topological polar surface area (TPSA) is 84.2 Å². The first-order valence-electron chi connectivity index (χ1n) is 4.86. The summed E-state index contributed by atoms with van der Waals surface area (Å²) in [7, 11) is 0. The number of hydrogen-bond donors (Lipinski definition) is 2. The standard InChI is InChI=1S/C10H15N3O3/c1-10(2,3)11-8(14)6-13-5-4-7(12-13)9(15)16/h4-5H,6H2,1-3H3,(H,11,14)(H,15,16). The quantitative estimate of drug-likeness (QED) is 0.784. The lowest BCUT2D eigenvalue weighted by Gasteiger charge is -2.20. The normalized spacial score (nSPS) is 11.2. The maximum absolute atomic E-state index is 11.5. The molecule has 0 saturated heterocycles. The Kier molecular flexibility index (Phi) is 3.31. The molecule has 0 aromatic carbocycles. The SMILES string of the molecule is CC(C)(C)NC(=O)Cn1ccc(C(=O)O)n1. The van der Waals surface area contributed by atoms with Gasteiger partial charge in [-0.25, -0.2) is 4.79 Å². The molecule has 6 heteroatoms. The average Bonchev–Trinajstić information content (AvgIpc) is 2.48. The zero-order valence-electron chi connectivity index (χ0n) is 9.52. The molecule has 1 aromatic rings. The molecule has 1 rings (SSSR count). The van der Waals surface area contributed by atoms with Gasteiger partial charge in [-0.05, 0) is 26.8 Å². The fourth-order valence-electron chi connectivity index (χ4n) is 1.17. The number of aromatic carboxylic acids is 1. The number of nitrogens with one attached hydrogen (secondary N) is 1. The third kappa shape index (κ3) is 3.72. The van der Waals surface area contributed by atoms with Crippen LogP contribution in [0.1, 0.15) is 31.3 Å². The summed E-state index contributed by atoms with van der Waals surface area (Å²) in [6.45, 7) is 5.63. The van der Waals surface area contributed by atoms with Gasteiger partial charge in [-0.1, -0.05) is 0 Å². The van der Waals surface area contributed by atoms with Crippen molar-refractivity contribution >= 4 is 11.9 Å². The first-order valence-corrected chi connectivity index (χ1v) is 4.86. The molecule has 0 aliphatic rings. The molecular formula is C10H15N3O3. The summed E-state index contributed by atoms with van der Waals surface area (Å²) >= 11 is 0. The van der Waals surface area contributed by atoms with Crippen LogP contribution in [0.4, 0.5) is 0 Å². The van der Waals surface area contributed by atoms with E-state index in [-0.39, 0.29) is 23.7 Å². The van der Waals surface area contributed by atoms with E-state index in [9.17, 15) is 9.59 Å². The number of carbonyl (C=O) groups is 2. The molecule has 0 unspecified atom stereocenters. The van der Waals surface area contributed by atoms with E-state index in [1.165, 1.54) is 16.9 Å². The molecule has 16 heavy (non-hydrogen) atoms. The largest absolute Gasteiger partial charge is 0.476 e. The predicted molar refractivity (Wildman–Crippen MR) is 57.1 cm³/mol. The van der Waals surface area contributed by atoms with Gasteiger partial charge in [0, 0.05) is 11.7 Å². The fourth-order valence-corrected chi connectivity index (χ4v) is 1.17. The lowest BCUT2D eigenvalue weighted by molar-refractivity contribution is -0.123. The number of nitrogens with zero attached hydrogens (tertiary/aromatic N) is 2. The number of amides is 1. The van der Waals surface area contributed by atoms with Crippen LogP contribution in [0.15, 0.2) is 12.3 Å². The minimum absolute atomic E-state index is 0.0184. The number of carboxylic acids is 1. The first kappa shape index (κ1) is 12.2. The highest BCUT2D eigenvalue weighted by Gasteiger charge is 2.15. The van der Waals surface area contributed by atoms with E-state index < -0.39 is 5.97 Å². The summed E-state index contributed by atoms with van der Waals surface area (Å²) in [4.78, 5) is 22.0. The van der Waals surface area contributed by atoms with Gasteiger partial charge in [-0.2, -0.15) is 5.10 Å². The summed E-state index contributed by atoms with van der Waals surface area (Å²) in [6.07, 6.45) is 1.46. The first-order chi connectivity index (χ1) is 7.28. The van der Waals surface area contributed by atoms with Gasteiger partial charge in [-0.3, -0.25) is 9.48 Å². The smallest absolute Gasteiger partial charge is 0.356 e. The van der Waals surface area contributed by atoms with Crippen LogP contribution in [0.5, 0.6) is 0 Å². The van der Waals surface area contributed by atoms with E-state index in [1.807, 2.05) is 20.8 Å². The van der Waals surface area contributed by atoms with Crippen LogP contribution >= 0.6 is 0 Å². The Hall–Kier alpha value is -1.85. The van der Waals surface area contributed by atoms with Gasteiger partial charge in [0.05, 0.1) is 0 Å². The van der Waals surface area contributed by atoms with Crippen LogP contribution in [-0.4, -0.2) is 32.3 Å². The van der Waals surface area contributed by atoms with Crippen molar-refractivity contribution in [3.63, 3.8) is 0 Å². The molecule has 0 fully saturated rings. The van der Waals surface area contributed by atoms with Gasteiger partial charge in [0.1, 0.15) is 6.54 Å². The molecule has 0 atom stereocenters. The molecule has 0 bridgehead atoms. The van der Waals surface area contributed by atoms with Crippen molar-refractivity contribution in [3.8, 4) is 0 Å². The van der Waals surface area contributed by atoms with Crippen molar-refractivity contribution in [2.45, 2.75) is 32.9 Å². The second-order valence-corrected chi connectivity index (χ2v) is 4.50. The second kappa shape index (κ2) is 4.34. The minimum Gasteiger partial charge on any atom is -0.476 e. The molecule has 1 amide bonds. The molecule has 0 aliphatic carbocycles. The molecule has 88 valence electrons. The molecule has 0 aliphatic heterocycles. The van der Waals surface area contributed by atoms with Crippen LogP contribution in [-0.2, 0) is 11.3 Å². The second-order valence-electron chi connectivity index (χ2n) is 4.50. The Balaban J connectivity index is 2.60. The Morgan fingerprint density at radius 3 is 2.56 bits per heavy atom.